The minimum absolute atomic E-state index is 0. The third-order valence-corrected chi connectivity index (χ3v) is 1.54. The van der Waals surface area contributed by atoms with Crippen LogP contribution in [0.5, 0.6) is 11.5 Å². The summed E-state index contributed by atoms with van der Waals surface area (Å²) in [6, 6.07) is 5.83. The lowest BCUT2D eigenvalue weighted by atomic mass is 10.2. The van der Waals surface area contributed by atoms with E-state index in [0.29, 0.717) is 0 Å². The van der Waals surface area contributed by atoms with E-state index < -0.39 is 0 Å². The van der Waals surface area contributed by atoms with E-state index in [-0.39, 0.29) is 24.8 Å². The minimum Gasteiger partial charge on any atom is -0.493 e. The lowest BCUT2D eigenvalue weighted by Gasteiger charge is -2.06. The van der Waals surface area contributed by atoms with Gasteiger partial charge in [0.25, 0.3) is 0 Å². The fraction of sp³-hybridized carbons (Fsp3) is 0.333. The van der Waals surface area contributed by atoms with Crippen LogP contribution in [0.25, 0.3) is 0 Å². The first kappa shape index (κ1) is 14.9. The fourth-order valence-corrected chi connectivity index (χ4v) is 0.943. The first-order chi connectivity index (χ1) is 5.27. The van der Waals surface area contributed by atoms with Gasteiger partial charge in [0.05, 0.1) is 14.2 Å². The second-order valence-electron chi connectivity index (χ2n) is 2.36. The summed E-state index contributed by atoms with van der Waals surface area (Å²) >= 11 is 0. The summed E-state index contributed by atoms with van der Waals surface area (Å²) in [5.41, 5.74) is 1.17. The summed E-state index contributed by atoms with van der Waals surface area (Å²) in [7, 11) is 3.27. The van der Waals surface area contributed by atoms with Crippen LogP contribution in [0.2, 0.25) is 0 Å². The van der Waals surface area contributed by atoms with Gasteiger partial charge in [-0.25, -0.2) is 0 Å². The second-order valence-corrected chi connectivity index (χ2v) is 2.36. The third-order valence-electron chi connectivity index (χ3n) is 1.54. The van der Waals surface area contributed by atoms with Crippen LogP contribution in [-0.2, 0) is 0 Å². The molecule has 0 unspecified atom stereocenters. The van der Waals surface area contributed by atoms with Crippen LogP contribution < -0.4 is 9.47 Å². The number of ether oxygens (including phenoxy) is 2. The Bertz CT molecular complexity index is 251. The maximum Gasteiger partial charge on any atom is 0.160 e. The van der Waals surface area contributed by atoms with E-state index in [2.05, 4.69) is 0 Å². The van der Waals surface area contributed by atoms with Gasteiger partial charge < -0.3 is 9.47 Å². The Labute approximate surface area is 91.1 Å². The van der Waals surface area contributed by atoms with Gasteiger partial charge in [0, 0.05) is 0 Å². The molecule has 13 heavy (non-hydrogen) atoms. The standard InChI is InChI=1S/C9H12O2.2ClH/c1-7-4-5-8(10-2)9(6-7)11-3;;/h4-6H,1-3H3;2*1H. The highest BCUT2D eigenvalue weighted by Crippen LogP contribution is 2.26. The SMILES string of the molecule is COc1ccc(C)cc1OC.Cl.Cl. The smallest absolute Gasteiger partial charge is 0.160 e. The van der Waals surface area contributed by atoms with Crippen molar-refractivity contribution in [3.63, 3.8) is 0 Å². The molecule has 0 amide bonds. The van der Waals surface area contributed by atoms with Crippen LogP contribution in [0.15, 0.2) is 18.2 Å². The minimum atomic E-state index is 0. The first-order valence-electron chi connectivity index (χ1n) is 3.46. The monoisotopic (exact) mass is 224 g/mol. The zero-order valence-electron chi connectivity index (χ0n) is 7.87. The Morgan fingerprint density at radius 2 is 1.46 bits per heavy atom. The summed E-state index contributed by atoms with van der Waals surface area (Å²) in [6.07, 6.45) is 0. The highest BCUT2D eigenvalue weighted by molar-refractivity contribution is 5.85. The molecule has 2 nitrogen and oxygen atoms in total. The molecule has 0 N–H and O–H groups in total. The first-order valence-corrected chi connectivity index (χ1v) is 3.46. The van der Waals surface area contributed by atoms with Crippen LogP contribution in [-0.4, -0.2) is 14.2 Å². The summed E-state index contributed by atoms with van der Waals surface area (Å²) in [4.78, 5) is 0. The fourth-order valence-electron chi connectivity index (χ4n) is 0.943. The molecule has 0 bridgehead atoms. The molecule has 0 spiro atoms. The van der Waals surface area contributed by atoms with Crippen LogP contribution in [0.1, 0.15) is 5.56 Å². The van der Waals surface area contributed by atoms with Gasteiger partial charge in [-0.3, -0.25) is 0 Å². The number of rotatable bonds is 2. The molecular formula is C9H14Cl2O2. The van der Waals surface area contributed by atoms with E-state index in [0.717, 1.165) is 11.5 Å². The van der Waals surface area contributed by atoms with E-state index in [1.165, 1.54) is 5.56 Å². The number of hydrogen-bond acceptors (Lipinski definition) is 2. The van der Waals surface area contributed by atoms with Gasteiger partial charge in [-0.1, -0.05) is 6.07 Å². The molecule has 0 fully saturated rings. The van der Waals surface area contributed by atoms with Crippen molar-refractivity contribution in [2.45, 2.75) is 6.92 Å². The molecular weight excluding hydrogens is 211 g/mol. The molecule has 76 valence electrons. The number of aryl methyl sites for hydroxylation is 1. The van der Waals surface area contributed by atoms with E-state index in [1.807, 2.05) is 25.1 Å². The number of benzene rings is 1. The lowest BCUT2D eigenvalue weighted by Crippen LogP contribution is -1.90. The van der Waals surface area contributed by atoms with Crippen molar-refractivity contribution in [3.05, 3.63) is 23.8 Å². The molecule has 0 saturated carbocycles. The zero-order chi connectivity index (χ0) is 8.27. The largest absolute Gasteiger partial charge is 0.493 e. The number of methoxy groups -OCH3 is 2. The van der Waals surface area contributed by atoms with Crippen molar-refractivity contribution in [2.24, 2.45) is 0 Å². The van der Waals surface area contributed by atoms with E-state index in [9.17, 15) is 0 Å². The third kappa shape index (κ3) is 3.75. The highest BCUT2D eigenvalue weighted by atomic mass is 35.5. The van der Waals surface area contributed by atoms with Gasteiger partial charge in [0.15, 0.2) is 11.5 Å². The maximum absolute atomic E-state index is 5.09. The highest BCUT2D eigenvalue weighted by Gasteiger charge is 2.00. The molecule has 0 aromatic heterocycles. The maximum atomic E-state index is 5.09. The van der Waals surface area contributed by atoms with Crippen LogP contribution in [0.4, 0.5) is 0 Å². The van der Waals surface area contributed by atoms with Crippen molar-refractivity contribution in [3.8, 4) is 11.5 Å². The summed E-state index contributed by atoms with van der Waals surface area (Å²) in [5, 5.41) is 0. The van der Waals surface area contributed by atoms with Crippen molar-refractivity contribution < 1.29 is 9.47 Å². The van der Waals surface area contributed by atoms with Crippen molar-refractivity contribution in [1.82, 2.24) is 0 Å². The van der Waals surface area contributed by atoms with Crippen molar-refractivity contribution in [2.75, 3.05) is 14.2 Å². The number of halogens is 2. The van der Waals surface area contributed by atoms with Gasteiger partial charge in [-0.2, -0.15) is 0 Å². The van der Waals surface area contributed by atoms with Crippen molar-refractivity contribution in [1.29, 1.82) is 0 Å². The molecule has 0 aliphatic rings. The second kappa shape index (κ2) is 6.87. The van der Waals surface area contributed by atoms with E-state index >= 15 is 0 Å². The molecule has 1 aromatic rings. The van der Waals surface area contributed by atoms with E-state index in [4.69, 9.17) is 9.47 Å². The van der Waals surface area contributed by atoms with Gasteiger partial charge in [0.1, 0.15) is 0 Å². The Morgan fingerprint density at radius 1 is 0.923 bits per heavy atom. The molecule has 1 rings (SSSR count). The average molecular weight is 225 g/mol. The molecule has 0 radical (unpaired) electrons. The quantitative estimate of drug-likeness (QED) is 0.770. The summed E-state index contributed by atoms with van der Waals surface area (Å²) in [6.45, 7) is 2.02. The van der Waals surface area contributed by atoms with Gasteiger partial charge in [-0.05, 0) is 24.6 Å². The molecule has 0 aliphatic heterocycles. The number of hydrogen-bond donors (Lipinski definition) is 0. The molecule has 0 atom stereocenters. The predicted octanol–water partition coefficient (Wildman–Crippen LogP) is 2.86. The Morgan fingerprint density at radius 3 is 1.92 bits per heavy atom. The van der Waals surface area contributed by atoms with Crippen LogP contribution in [0, 0.1) is 6.92 Å². The molecule has 0 aliphatic carbocycles. The Hall–Kier alpha value is -0.600. The topological polar surface area (TPSA) is 18.5 Å². The Kier molecular flexibility index (Phi) is 7.87. The Balaban J connectivity index is 0. The average Bonchev–Trinajstić information content (AvgIpc) is 2.04. The van der Waals surface area contributed by atoms with Gasteiger partial charge >= 0.3 is 0 Å². The molecule has 0 saturated heterocycles. The summed E-state index contributed by atoms with van der Waals surface area (Å²) < 4.78 is 10.2. The van der Waals surface area contributed by atoms with E-state index in [1.54, 1.807) is 14.2 Å². The lowest BCUT2D eigenvalue weighted by molar-refractivity contribution is 0.354. The zero-order valence-corrected chi connectivity index (χ0v) is 9.50. The normalized spacial score (nSPS) is 7.92. The van der Waals surface area contributed by atoms with Crippen molar-refractivity contribution >= 4 is 24.8 Å². The van der Waals surface area contributed by atoms with Crippen LogP contribution >= 0.6 is 24.8 Å². The molecule has 0 heterocycles. The summed E-state index contributed by atoms with van der Waals surface area (Å²) in [5.74, 6) is 1.56. The van der Waals surface area contributed by atoms with Crippen LogP contribution in [0.3, 0.4) is 0 Å². The van der Waals surface area contributed by atoms with Gasteiger partial charge in [-0.15, -0.1) is 24.8 Å². The molecule has 4 heteroatoms. The van der Waals surface area contributed by atoms with Gasteiger partial charge in [0.2, 0.25) is 0 Å². The predicted molar refractivity (Wildman–Crippen MR) is 58.8 cm³/mol. The molecule has 1 aromatic carbocycles.